The summed E-state index contributed by atoms with van der Waals surface area (Å²) in [6, 6.07) is 8.84. The van der Waals surface area contributed by atoms with Crippen LogP contribution in [-0.2, 0) is 6.54 Å². The molecule has 17 heavy (non-hydrogen) atoms. The van der Waals surface area contributed by atoms with Crippen LogP contribution in [0.25, 0.3) is 0 Å². The fourth-order valence-electron chi connectivity index (χ4n) is 2.14. The van der Waals surface area contributed by atoms with Crippen LogP contribution in [-0.4, -0.2) is 11.2 Å². The first-order valence-corrected chi connectivity index (χ1v) is 7.23. The number of halogens is 1. The van der Waals surface area contributed by atoms with Gasteiger partial charge in [0.1, 0.15) is 0 Å². The minimum atomic E-state index is 0.581. The maximum absolute atomic E-state index is 5.29. The lowest BCUT2D eigenvalue weighted by atomic mass is 10.2. The van der Waals surface area contributed by atoms with Crippen LogP contribution in [0.5, 0.6) is 0 Å². The topological polar surface area (TPSA) is 24.1 Å². The Bertz CT molecular complexity index is 389. The van der Waals surface area contributed by atoms with Crippen LogP contribution in [0.3, 0.4) is 0 Å². The highest BCUT2D eigenvalue weighted by Gasteiger charge is 2.15. The number of thiocarbonyl (C=S) groups is 1. The third-order valence-corrected chi connectivity index (χ3v) is 3.79. The van der Waals surface area contributed by atoms with Crippen LogP contribution >= 0.6 is 28.1 Å². The van der Waals surface area contributed by atoms with Crippen molar-refractivity contribution in [3.8, 4) is 0 Å². The molecule has 0 spiro atoms. The van der Waals surface area contributed by atoms with Crippen molar-refractivity contribution in [2.75, 3.05) is 0 Å². The Balaban J connectivity index is 1.75. The first kappa shape index (κ1) is 12.8. The Morgan fingerprint density at radius 3 is 2.82 bits per heavy atom. The molecule has 4 heteroatoms. The maximum Gasteiger partial charge on any atom is 0.166 e. The van der Waals surface area contributed by atoms with Gasteiger partial charge in [0, 0.05) is 17.1 Å². The summed E-state index contributed by atoms with van der Waals surface area (Å²) in [7, 11) is 0. The summed E-state index contributed by atoms with van der Waals surface area (Å²) in [6.45, 7) is 0.776. The van der Waals surface area contributed by atoms with Gasteiger partial charge in [-0.3, -0.25) is 0 Å². The number of hydrogen-bond donors (Lipinski definition) is 2. The fraction of sp³-hybridized carbons (Fsp3) is 0.462. The van der Waals surface area contributed by atoms with Gasteiger partial charge in [-0.25, -0.2) is 0 Å². The molecule has 2 rings (SSSR count). The molecular weight excluding hydrogens is 296 g/mol. The summed E-state index contributed by atoms with van der Waals surface area (Å²) >= 11 is 8.75. The molecule has 92 valence electrons. The van der Waals surface area contributed by atoms with E-state index in [0.717, 1.165) is 16.1 Å². The van der Waals surface area contributed by atoms with E-state index < -0.39 is 0 Å². The van der Waals surface area contributed by atoms with Crippen LogP contribution in [0.1, 0.15) is 31.2 Å². The smallest absolute Gasteiger partial charge is 0.166 e. The van der Waals surface area contributed by atoms with Gasteiger partial charge in [0.2, 0.25) is 0 Å². The van der Waals surface area contributed by atoms with Gasteiger partial charge in [0.05, 0.1) is 0 Å². The highest BCUT2D eigenvalue weighted by molar-refractivity contribution is 9.10. The Kier molecular flexibility index (Phi) is 4.80. The minimum Gasteiger partial charge on any atom is -0.360 e. The monoisotopic (exact) mass is 312 g/mol. The lowest BCUT2D eigenvalue weighted by Gasteiger charge is -2.15. The van der Waals surface area contributed by atoms with Gasteiger partial charge < -0.3 is 10.6 Å². The van der Waals surface area contributed by atoms with E-state index in [2.05, 4.69) is 38.7 Å². The molecule has 0 bridgehead atoms. The summed E-state index contributed by atoms with van der Waals surface area (Å²) in [5.41, 5.74) is 1.23. The van der Waals surface area contributed by atoms with Crippen molar-refractivity contribution in [2.45, 2.75) is 38.3 Å². The average molecular weight is 313 g/mol. The van der Waals surface area contributed by atoms with E-state index in [1.807, 2.05) is 12.1 Å². The van der Waals surface area contributed by atoms with Crippen LogP contribution in [0, 0.1) is 0 Å². The van der Waals surface area contributed by atoms with Crippen molar-refractivity contribution in [3.63, 3.8) is 0 Å². The van der Waals surface area contributed by atoms with Crippen molar-refractivity contribution in [1.29, 1.82) is 0 Å². The van der Waals surface area contributed by atoms with Crippen molar-refractivity contribution in [3.05, 3.63) is 34.3 Å². The number of rotatable bonds is 3. The van der Waals surface area contributed by atoms with E-state index in [-0.39, 0.29) is 0 Å². The molecule has 0 radical (unpaired) electrons. The van der Waals surface area contributed by atoms with E-state index in [0.29, 0.717) is 6.04 Å². The zero-order valence-electron chi connectivity index (χ0n) is 9.71. The summed E-state index contributed by atoms with van der Waals surface area (Å²) in [5.74, 6) is 0. The molecule has 1 saturated carbocycles. The Hall–Kier alpha value is -0.610. The summed E-state index contributed by atoms with van der Waals surface area (Å²) in [6.07, 6.45) is 5.15. The van der Waals surface area contributed by atoms with Gasteiger partial charge in [0.15, 0.2) is 5.11 Å². The number of benzene rings is 1. The van der Waals surface area contributed by atoms with E-state index in [4.69, 9.17) is 12.2 Å². The highest BCUT2D eigenvalue weighted by Crippen LogP contribution is 2.17. The lowest BCUT2D eigenvalue weighted by molar-refractivity contribution is 0.621. The summed E-state index contributed by atoms with van der Waals surface area (Å²) in [5, 5.41) is 7.40. The largest absolute Gasteiger partial charge is 0.360 e. The van der Waals surface area contributed by atoms with Crippen molar-refractivity contribution < 1.29 is 0 Å². The molecule has 1 aliphatic carbocycles. The van der Waals surface area contributed by atoms with Gasteiger partial charge in [0.25, 0.3) is 0 Å². The molecule has 0 heterocycles. The first-order chi connectivity index (χ1) is 8.24. The molecule has 1 aromatic carbocycles. The summed E-state index contributed by atoms with van der Waals surface area (Å²) in [4.78, 5) is 0. The first-order valence-electron chi connectivity index (χ1n) is 6.03. The Morgan fingerprint density at radius 2 is 2.12 bits per heavy atom. The van der Waals surface area contributed by atoms with Crippen molar-refractivity contribution in [1.82, 2.24) is 10.6 Å². The second-order valence-electron chi connectivity index (χ2n) is 4.44. The molecule has 0 saturated heterocycles. The Labute approximate surface area is 116 Å². The molecule has 2 nitrogen and oxygen atoms in total. The average Bonchev–Trinajstić information content (AvgIpc) is 2.79. The second-order valence-corrected chi connectivity index (χ2v) is 5.76. The normalized spacial score (nSPS) is 15.8. The fourth-order valence-corrected chi connectivity index (χ4v) is 2.82. The summed E-state index contributed by atoms with van der Waals surface area (Å²) < 4.78 is 1.10. The molecular formula is C13H17BrN2S. The molecule has 2 N–H and O–H groups in total. The molecule has 0 unspecified atom stereocenters. The van der Waals surface area contributed by atoms with Crippen LogP contribution < -0.4 is 10.6 Å². The van der Waals surface area contributed by atoms with Crippen LogP contribution in [0.2, 0.25) is 0 Å². The quantitative estimate of drug-likeness (QED) is 0.837. The van der Waals surface area contributed by atoms with Crippen LogP contribution in [0.4, 0.5) is 0 Å². The minimum absolute atomic E-state index is 0.581. The molecule has 0 aromatic heterocycles. The third kappa shape index (κ3) is 4.28. The second kappa shape index (κ2) is 6.36. The predicted molar refractivity (Wildman–Crippen MR) is 79.0 cm³/mol. The molecule has 1 aromatic rings. The lowest BCUT2D eigenvalue weighted by Crippen LogP contribution is -2.40. The SMILES string of the molecule is S=C(NCc1cccc(Br)c1)NC1CCCC1. The van der Waals surface area contributed by atoms with Gasteiger partial charge in [-0.1, -0.05) is 40.9 Å². The molecule has 0 amide bonds. The number of hydrogen-bond acceptors (Lipinski definition) is 1. The Morgan fingerprint density at radius 1 is 1.35 bits per heavy atom. The molecule has 0 atom stereocenters. The van der Waals surface area contributed by atoms with Crippen molar-refractivity contribution >= 4 is 33.3 Å². The van der Waals surface area contributed by atoms with E-state index in [1.165, 1.54) is 31.2 Å². The zero-order chi connectivity index (χ0) is 12.1. The third-order valence-electron chi connectivity index (χ3n) is 3.03. The van der Waals surface area contributed by atoms with E-state index >= 15 is 0 Å². The van der Waals surface area contributed by atoms with Crippen molar-refractivity contribution in [2.24, 2.45) is 0 Å². The van der Waals surface area contributed by atoms with Gasteiger partial charge in [-0.2, -0.15) is 0 Å². The molecule has 1 fully saturated rings. The number of nitrogens with one attached hydrogen (secondary N) is 2. The molecule has 0 aliphatic heterocycles. The van der Waals surface area contributed by atoms with E-state index in [1.54, 1.807) is 0 Å². The standard InChI is InChI=1S/C13H17BrN2S/c14-11-5-3-4-10(8-11)9-15-13(17)16-12-6-1-2-7-12/h3-5,8,12H,1-2,6-7,9H2,(H2,15,16,17). The van der Waals surface area contributed by atoms with Crippen LogP contribution in [0.15, 0.2) is 28.7 Å². The highest BCUT2D eigenvalue weighted by atomic mass is 79.9. The molecule has 1 aliphatic rings. The van der Waals surface area contributed by atoms with Gasteiger partial charge in [-0.15, -0.1) is 0 Å². The zero-order valence-corrected chi connectivity index (χ0v) is 12.1. The predicted octanol–water partition coefficient (Wildman–Crippen LogP) is 3.36. The maximum atomic E-state index is 5.29. The van der Waals surface area contributed by atoms with Gasteiger partial charge in [-0.05, 0) is 42.8 Å². The van der Waals surface area contributed by atoms with E-state index in [9.17, 15) is 0 Å². The van der Waals surface area contributed by atoms with Gasteiger partial charge >= 0.3 is 0 Å².